The summed E-state index contributed by atoms with van der Waals surface area (Å²) in [5.74, 6) is -0.207. The van der Waals surface area contributed by atoms with Gasteiger partial charge in [0.05, 0.1) is 16.3 Å². The van der Waals surface area contributed by atoms with Crippen molar-refractivity contribution in [1.29, 1.82) is 0 Å². The highest BCUT2D eigenvalue weighted by molar-refractivity contribution is 8.00. The molecule has 0 fully saturated rings. The molecule has 0 aliphatic carbocycles. The van der Waals surface area contributed by atoms with Gasteiger partial charge in [0.25, 0.3) is 5.69 Å². The van der Waals surface area contributed by atoms with Crippen molar-refractivity contribution < 1.29 is 14.8 Å². The van der Waals surface area contributed by atoms with Crippen molar-refractivity contribution >= 4 is 35.0 Å². The zero-order valence-corrected chi connectivity index (χ0v) is 15.0. The van der Waals surface area contributed by atoms with Gasteiger partial charge in [0.15, 0.2) is 0 Å². The Morgan fingerprint density at radius 1 is 1.24 bits per heavy atom. The number of nitro groups is 1. The second-order valence-corrected chi connectivity index (χ2v) is 7.17. The number of hydrogen-bond donors (Lipinski definition) is 2. The summed E-state index contributed by atoms with van der Waals surface area (Å²) >= 11 is 7.21. The van der Waals surface area contributed by atoms with Crippen molar-refractivity contribution in [3.8, 4) is 0 Å². The zero-order chi connectivity index (χ0) is 18.4. The molecule has 2 N–H and O–H groups in total. The van der Waals surface area contributed by atoms with Gasteiger partial charge in [0.2, 0.25) is 5.91 Å². The molecule has 0 bridgehead atoms. The van der Waals surface area contributed by atoms with Crippen molar-refractivity contribution in [3.05, 3.63) is 69.2 Å². The Bertz CT molecular complexity index is 737. The van der Waals surface area contributed by atoms with E-state index in [1.165, 1.54) is 36.0 Å². The maximum Gasteiger partial charge on any atom is 0.269 e. The number of non-ortho nitro benzene ring substituents is 1. The molecule has 0 aliphatic rings. The highest BCUT2D eigenvalue weighted by atomic mass is 35.5. The van der Waals surface area contributed by atoms with Crippen LogP contribution in [0.25, 0.3) is 0 Å². The summed E-state index contributed by atoms with van der Waals surface area (Å²) < 4.78 is 0. The Kier molecular flexibility index (Phi) is 6.81. The van der Waals surface area contributed by atoms with E-state index in [2.05, 4.69) is 5.32 Å². The number of thioether (sulfide) groups is 1. The number of nitrogens with zero attached hydrogens (tertiary/aromatic N) is 1. The molecule has 0 spiro atoms. The molecule has 6 nitrogen and oxygen atoms in total. The summed E-state index contributed by atoms with van der Waals surface area (Å²) in [4.78, 5) is 23.2. The van der Waals surface area contributed by atoms with Crippen LogP contribution in [0.5, 0.6) is 0 Å². The molecular weight excluding hydrogens is 364 g/mol. The second-order valence-electron chi connectivity index (χ2n) is 5.32. The Labute approximate surface area is 154 Å². The van der Waals surface area contributed by atoms with Crippen LogP contribution in [-0.4, -0.2) is 27.7 Å². The van der Waals surface area contributed by atoms with Crippen molar-refractivity contribution in [2.45, 2.75) is 23.2 Å². The van der Waals surface area contributed by atoms with E-state index >= 15 is 0 Å². The number of aliphatic hydroxyl groups excluding tert-OH is 1. The minimum Gasteiger partial charge on any atom is -0.387 e. The summed E-state index contributed by atoms with van der Waals surface area (Å²) in [6.07, 6.45) is -0.933. The Morgan fingerprint density at radius 3 is 2.40 bits per heavy atom. The Morgan fingerprint density at radius 2 is 1.84 bits per heavy atom. The largest absolute Gasteiger partial charge is 0.387 e. The van der Waals surface area contributed by atoms with E-state index in [-0.39, 0.29) is 23.4 Å². The molecule has 132 valence electrons. The number of amides is 1. The summed E-state index contributed by atoms with van der Waals surface area (Å²) in [5, 5.41) is 23.7. The third kappa shape index (κ3) is 5.74. The van der Waals surface area contributed by atoms with Crippen molar-refractivity contribution in [3.63, 3.8) is 0 Å². The molecule has 25 heavy (non-hydrogen) atoms. The lowest BCUT2D eigenvalue weighted by atomic mass is 10.1. The van der Waals surface area contributed by atoms with Crippen LogP contribution in [0.2, 0.25) is 5.02 Å². The van der Waals surface area contributed by atoms with Gasteiger partial charge in [0.1, 0.15) is 0 Å². The highest BCUT2D eigenvalue weighted by Crippen LogP contribution is 2.25. The smallest absolute Gasteiger partial charge is 0.269 e. The van der Waals surface area contributed by atoms with Crippen molar-refractivity contribution in [2.24, 2.45) is 0 Å². The number of nitrogens with one attached hydrogen (secondary N) is 1. The van der Waals surface area contributed by atoms with Gasteiger partial charge in [-0.05, 0) is 48.9 Å². The van der Waals surface area contributed by atoms with Gasteiger partial charge in [-0.2, -0.15) is 0 Å². The minimum atomic E-state index is -0.933. The van der Waals surface area contributed by atoms with E-state index in [0.717, 1.165) is 4.90 Å². The quantitative estimate of drug-likeness (QED) is 0.435. The molecule has 8 heteroatoms. The molecule has 0 heterocycles. The van der Waals surface area contributed by atoms with Crippen LogP contribution in [-0.2, 0) is 4.79 Å². The average Bonchev–Trinajstić information content (AvgIpc) is 2.61. The third-order valence-corrected chi connectivity index (χ3v) is 4.82. The number of rotatable bonds is 7. The van der Waals surface area contributed by atoms with Gasteiger partial charge in [-0.15, -0.1) is 11.8 Å². The van der Waals surface area contributed by atoms with E-state index in [4.69, 9.17) is 11.6 Å². The first-order chi connectivity index (χ1) is 11.9. The molecule has 0 radical (unpaired) electrons. The summed E-state index contributed by atoms with van der Waals surface area (Å²) in [5.41, 5.74) is 0.455. The van der Waals surface area contributed by atoms with Crippen LogP contribution < -0.4 is 5.32 Å². The maximum atomic E-state index is 12.1. The van der Waals surface area contributed by atoms with Gasteiger partial charge in [0, 0.05) is 28.6 Å². The molecular formula is C17H17ClN2O4S. The molecule has 2 rings (SSSR count). The Balaban J connectivity index is 1.85. The van der Waals surface area contributed by atoms with E-state index < -0.39 is 11.0 Å². The van der Waals surface area contributed by atoms with Crippen LogP contribution in [0, 0.1) is 10.1 Å². The molecule has 2 aromatic carbocycles. The third-order valence-electron chi connectivity index (χ3n) is 3.45. The van der Waals surface area contributed by atoms with Crippen LogP contribution in [0.15, 0.2) is 53.4 Å². The van der Waals surface area contributed by atoms with E-state index in [1.54, 1.807) is 19.1 Å². The number of hydrogen-bond acceptors (Lipinski definition) is 5. The SMILES string of the molecule is C[C@H](Sc1ccc(Cl)cc1)C(=O)NC[C@H](O)c1ccc([N+](=O)[O-])cc1. The lowest BCUT2D eigenvalue weighted by Gasteiger charge is -2.15. The monoisotopic (exact) mass is 380 g/mol. The lowest BCUT2D eigenvalue weighted by molar-refractivity contribution is -0.384. The number of carbonyl (C=O) groups is 1. The normalized spacial score (nSPS) is 13.1. The molecule has 2 aromatic rings. The first-order valence-electron chi connectivity index (χ1n) is 7.49. The molecule has 0 saturated carbocycles. The topological polar surface area (TPSA) is 92.5 Å². The summed E-state index contributed by atoms with van der Waals surface area (Å²) in [7, 11) is 0. The highest BCUT2D eigenvalue weighted by Gasteiger charge is 2.17. The fraction of sp³-hybridized carbons (Fsp3) is 0.235. The number of nitro benzene ring substituents is 1. The van der Waals surface area contributed by atoms with E-state index in [1.807, 2.05) is 12.1 Å². The predicted molar refractivity (Wildman–Crippen MR) is 97.8 cm³/mol. The van der Waals surface area contributed by atoms with E-state index in [9.17, 15) is 20.0 Å². The molecule has 0 unspecified atom stereocenters. The number of halogens is 1. The average molecular weight is 381 g/mol. The zero-order valence-electron chi connectivity index (χ0n) is 13.4. The van der Waals surface area contributed by atoms with Gasteiger partial charge in [-0.1, -0.05) is 11.6 Å². The van der Waals surface area contributed by atoms with Crippen molar-refractivity contribution in [1.82, 2.24) is 5.32 Å². The fourth-order valence-corrected chi connectivity index (χ4v) is 3.07. The molecule has 0 aromatic heterocycles. The second kappa shape index (κ2) is 8.84. The first-order valence-corrected chi connectivity index (χ1v) is 8.75. The van der Waals surface area contributed by atoms with Gasteiger partial charge < -0.3 is 10.4 Å². The maximum absolute atomic E-state index is 12.1. The van der Waals surface area contributed by atoms with Gasteiger partial charge in [-0.3, -0.25) is 14.9 Å². The summed E-state index contributed by atoms with van der Waals surface area (Å²) in [6.45, 7) is 1.80. The number of carbonyl (C=O) groups excluding carboxylic acids is 1. The summed E-state index contributed by atoms with van der Waals surface area (Å²) in [6, 6.07) is 12.8. The van der Waals surface area contributed by atoms with Crippen LogP contribution >= 0.6 is 23.4 Å². The number of benzene rings is 2. The molecule has 0 saturated heterocycles. The number of aliphatic hydroxyl groups is 1. The lowest BCUT2D eigenvalue weighted by Crippen LogP contribution is -2.34. The molecule has 2 atom stereocenters. The minimum absolute atomic E-state index is 0.0299. The predicted octanol–water partition coefficient (Wildman–Crippen LogP) is 3.58. The van der Waals surface area contributed by atoms with Crippen LogP contribution in [0.1, 0.15) is 18.6 Å². The van der Waals surface area contributed by atoms with Gasteiger partial charge >= 0.3 is 0 Å². The molecule has 1 amide bonds. The van der Waals surface area contributed by atoms with Crippen LogP contribution in [0.4, 0.5) is 5.69 Å². The standard InChI is InChI=1S/C17H17ClN2O4S/c1-11(25-15-8-4-13(18)5-9-15)17(22)19-10-16(21)12-2-6-14(7-3-12)20(23)24/h2-9,11,16,21H,10H2,1H3,(H,19,22)/t11-,16-/m0/s1. The van der Waals surface area contributed by atoms with Crippen LogP contribution in [0.3, 0.4) is 0 Å². The van der Waals surface area contributed by atoms with Crippen molar-refractivity contribution in [2.75, 3.05) is 6.54 Å². The van der Waals surface area contributed by atoms with Gasteiger partial charge in [-0.25, -0.2) is 0 Å². The fourth-order valence-electron chi connectivity index (χ4n) is 2.05. The van der Waals surface area contributed by atoms with E-state index in [0.29, 0.717) is 10.6 Å². The Hall–Kier alpha value is -2.09. The molecule has 0 aliphatic heterocycles. The first kappa shape index (κ1) is 19.2.